The summed E-state index contributed by atoms with van der Waals surface area (Å²) in [5, 5.41) is 9.70. The quantitative estimate of drug-likeness (QED) is 0.0373. The van der Waals surface area contributed by atoms with Gasteiger partial charge in [-0.1, -0.05) is 325 Å². The van der Waals surface area contributed by atoms with Crippen molar-refractivity contribution in [2.24, 2.45) is 0 Å². The molecule has 0 aromatic heterocycles. The van der Waals surface area contributed by atoms with Crippen molar-refractivity contribution < 1.29 is 24.2 Å². The molecule has 0 rings (SSSR count). The zero-order valence-corrected chi connectivity index (χ0v) is 54.4. The van der Waals surface area contributed by atoms with Crippen LogP contribution in [0.25, 0.3) is 0 Å². The third-order valence-corrected chi connectivity index (χ3v) is 14.5. The fourth-order valence-corrected chi connectivity index (χ4v) is 9.40. The zero-order chi connectivity index (χ0) is 60.5. The van der Waals surface area contributed by atoms with Crippen LogP contribution in [0.2, 0.25) is 0 Å². The van der Waals surface area contributed by atoms with Gasteiger partial charge >= 0.3 is 11.9 Å². The van der Waals surface area contributed by atoms with Crippen LogP contribution < -0.4 is 0 Å². The van der Waals surface area contributed by atoms with Gasteiger partial charge in [0.25, 0.3) is 0 Å². The topological polar surface area (TPSA) is 72.8 Å². The second-order valence-electron chi connectivity index (χ2n) is 22.5. The van der Waals surface area contributed by atoms with E-state index in [0.29, 0.717) is 12.8 Å². The Kier molecular flexibility index (Phi) is 68.4. The first-order valence-electron chi connectivity index (χ1n) is 34.7. The standard InChI is InChI=1S/C79H128O5/c1-3-5-7-9-11-13-15-17-19-21-23-25-27-29-31-33-34-35-36-37-38-39-40-41-42-43-44-46-48-50-52-54-56-58-60-62-64-66-68-70-72-74-79(82)84-77(75-80)76-83-78(81)73-71-69-67-65-63-61-59-57-55-53-51-49-47-45-32-30-28-26-24-22-20-18-16-14-12-10-8-6-4-2/h5-8,11-14,17-20,23-26,29,31,34-35,37-38,40-41,43-44,48,50,77,80H,3-4,9-10,15-16,21-22,27-28,30,32-33,36,39,42,45-47,49,51-76H2,1-2H3/b7-5-,8-6-,13-11-,14-12-,19-17-,20-18-,25-23-,26-24-,31-29-,35-34-,38-37-,41-40-,44-43-,50-48-. The van der Waals surface area contributed by atoms with Crippen molar-refractivity contribution in [1.82, 2.24) is 0 Å². The number of hydrogen-bond donors (Lipinski definition) is 1. The summed E-state index contributed by atoms with van der Waals surface area (Å²) in [5.74, 6) is -0.597. The molecule has 0 aliphatic carbocycles. The first-order valence-corrected chi connectivity index (χ1v) is 34.7. The van der Waals surface area contributed by atoms with Crippen molar-refractivity contribution in [3.8, 4) is 0 Å². The van der Waals surface area contributed by atoms with Gasteiger partial charge in [-0.25, -0.2) is 0 Å². The van der Waals surface area contributed by atoms with E-state index in [1.54, 1.807) is 0 Å². The lowest BCUT2D eigenvalue weighted by Crippen LogP contribution is -2.28. The molecule has 0 aliphatic rings. The molecule has 0 heterocycles. The number of aliphatic hydroxyl groups excluding tert-OH is 1. The number of ether oxygens (including phenoxy) is 2. The second-order valence-corrected chi connectivity index (χ2v) is 22.5. The summed E-state index contributed by atoms with van der Waals surface area (Å²) in [6.45, 7) is 3.92. The second kappa shape index (κ2) is 72.5. The summed E-state index contributed by atoms with van der Waals surface area (Å²) in [6, 6.07) is 0. The Morgan fingerprint density at radius 2 is 0.476 bits per heavy atom. The molecular weight excluding hydrogens is 1030 g/mol. The van der Waals surface area contributed by atoms with Gasteiger partial charge in [-0.3, -0.25) is 9.59 Å². The monoisotopic (exact) mass is 1160 g/mol. The van der Waals surface area contributed by atoms with Gasteiger partial charge in [0.05, 0.1) is 6.61 Å². The molecule has 0 aromatic carbocycles. The van der Waals surface area contributed by atoms with E-state index >= 15 is 0 Å². The summed E-state index contributed by atoms with van der Waals surface area (Å²) in [6.07, 6.45) is 112. The molecule has 1 atom stereocenters. The summed E-state index contributed by atoms with van der Waals surface area (Å²) in [4.78, 5) is 24.7. The number of aliphatic hydroxyl groups is 1. The van der Waals surface area contributed by atoms with Crippen molar-refractivity contribution in [3.63, 3.8) is 0 Å². The van der Waals surface area contributed by atoms with Gasteiger partial charge in [-0.2, -0.15) is 0 Å². The number of hydrogen-bond acceptors (Lipinski definition) is 5. The molecule has 0 bridgehead atoms. The number of allylic oxidation sites excluding steroid dienone is 28. The molecule has 84 heavy (non-hydrogen) atoms. The molecule has 0 spiro atoms. The molecule has 0 saturated carbocycles. The van der Waals surface area contributed by atoms with Gasteiger partial charge in [0.1, 0.15) is 6.61 Å². The molecule has 5 nitrogen and oxygen atoms in total. The fourth-order valence-electron chi connectivity index (χ4n) is 9.40. The van der Waals surface area contributed by atoms with Crippen LogP contribution >= 0.6 is 0 Å². The number of esters is 2. The molecule has 0 fully saturated rings. The lowest BCUT2D eigenvalue weighted by molar-refractivity contribution is -0.161. The van der Waals surface area contributed by atoms with E-state index in [2.05, 4.69) is 184 Å². The molecule has 0 aliphatic heterocycles. The minimum absolute atomic E-state index is 0.0745. The normalized spacial score (nSPS) is 13.3. The van der Waals surface area contributed by atoms with Crippen LogP contribution in [0.1, 0.15) is 296 Å². The average Bonchev–Trinajstić information content (AvgIpc) is 3.51. The van der Waals surface area contributed by atoms with Crippen molar-refractivity contribution in [1.29, 1.82) is 0 Å². The maximum absolute atomic E-state index is 12.4. The van der Waals surface area contributed by atoms with E-state index in [4.69, 9.17) is 9.47 Å². The highest BCUT2D eigenvalue weighted by Crippen LogP contribution is 2.16. The predicted molar refractivity (Wildman–Crippen MR) is 370 cm³/mol. The number of carbonyl (C=O) groups is 2. The Labute approximate surface area is 519 Å². The maximum Gasteiger partial charge on any atom is 0.306 e. The van der Waals surface area contributed by atoms with E-state index in [0.717, 1.165) is 128 Å². The molecule has 0 saturated heterocycles. The van der Waals surface area contributed by atoms with Crippen LogP contribution in [0.5, 0.6) is 0 Å². The largest absolute Gasteiger partial charge is 0.462 e. The SMILES string of the molecule is CC/C=C\C/C=C\C/C=C\C/C=C\C/C=C\C/C=C\C/C=C\C/C=C\C/C=C\C/C=C\CCCCCCCCCCCCC(=O)OC(CO)COC(=O)CCCCCCCCCCCCCCCCCC/C=C\C/C=C\C/C=C\C/C=C\CC. The van der Waals surface area contributed by atoms with Crippen LogP contribution in [0.4, 0.5) is 0 Å². The van der Waals surface area contributed by atoms with Gasteiger partial charge in [0.15, 0.2) is 6.10 Å². The number of carbonyl (C=O) groups excluding carboxylic acids is 2. The molecule has 5 heteroatoms. The predicted octanol–water partition coefficient (Wildman–Crippen LogP) is 24.4. The van der Waals surface area contributed by atoms with Crippen LogP contribution in [-0.4, -0.2) is 36.4 Å². The highest BCUT2D eigenvalue weighted by atomic mass is 16.6. The molecular formula is C79H128O5. The van der Waals surface area contributed by atoms with Crippen molar-refractivity contribution in [2.75, 3.05) is 13.2 Å². The Morgan fingerprint density at radius 1 is 0.274 bits per heavy atom. The van der Waals surface area contributed by atoms with E-state index in [9.17, 15) is 14.7 Å². The van der Waals surface area contributed by atoms with Gasteiger partial charge in [-0.15, -0.1) is 0 Å². The van der Waals surface area contributed by atoms with Crippen LogP contribution in [0, 0.1) is 0 Å². The van der Waals surface area contributed by atoms with Gasteiger partial charge in [-0.05, 0) is 128 Å². The van der Waals surface area contributed by atoms with Crippen LogP contribution in [-0.2, 0) is 19.1 Å². The molecule has 474 valence electrons. The van der Waals surface area contributed by atoms with Gasteiger partial charge in [0.2, 0.25) is 0 Å². The van der Waals surface area contributed by atoms with Gasteiger partial charge in [0, 0.05) is 12.8 Å². The minimum Gasteiger partial charge on any atom is -0.462 e. The summed E-state index contributed by atoms with van der Waals surface area (Å²) < 4.78 is 10.8. The Hall–Kier alpha value is -4.74. The van der Waals surface area contributed by atoms with Crippen LogP contribution in [0.3, 0.4) is 0 Å². The highest BCUT2D eigenvalue weighted by molar-refractivity contribution is 5.70. The molecule has 0 aromatic rings. The van der Waals surface area contributed by atoms with Crippen molar-refractivity contribution >= 4 is 11.9 Å². The Bertz CT molecular complexity index is 1840. The molecule has 1 N–H and O–H groups in total. The highest BCUT2D eigenvalue weighted by Gasteiger charge is 2.16. The average molecular weight is 1160 g/mol. The first-order chi connectivity index (χ1) is 41.6. The minimum atomic E-state index is -0.786. The summed E-state index contributed by atoms with van der Waals surface area (Å²) >= 11 is 0. The molecule has 0 amide bonds. The Morgan fingerprint density at radius 3 is 0.714 bits per heavy atom. The number of unbranched alkanes of at least 4 members (excludes halogenated alkanes) is 26. The lowest BCUT2D eigenvalue weighted by Gasteiger charge is -2.15. The molecule has 1 unspecified atom stereocenters. The first kappa shape index (κ1) is 79.3. The Balaban J connectivity index is 3.55. The summed E-state index contributed by atoms with van der Waals surface area (Å²) in [5.41, 5.74) is 0. The smallest absolute Gasteiger partial charge is 0.306 e. The maximum atomic E-state index is 12.4. The van der Waals surface area contributed by atoms with E-state index in [1.807, 2.05) is 0 Å². The zero-order valence-electron chi connectivity index (χ0n) is 54.4. The van der Waals surface area contributed by atoms with E-state index in [-0.39, 0.29) is 25.2 Å². The third kappa shape index (κ3) is 69.8. The van der Waals surface area contributed by atoms with Crippen molar-refractivity contribution in [3.05, 3.63) is 170 Å². The lowest BCUT2D eigenvalue weighted by atomic mass is 10.0. The summed E-state index contributed by atoms with van der Waals surface area (Å²) in [7, 11) is 0. The molecule has 0 radical (unpaired) electrons. The van der Waals surface area contributed by atoms with E-state index in [1.165, 1.54) is 141 Å². The fraction of sp³-hybridized carbons (Fsp3) is 0.620. The van der Waals surface area contributed by atoms with Crippen molar-refractivity contribution in [2.45, 2.75) is 302 Å². The third-order valence-electron chi connectivity index (χ3n) is 14.5. The van der Waals surface area contributed by atoms with Gasteiger partial charge < -0.3 is 14.6 Å². The number of rotatable bonds is 62. The van der Waals surface area contributed by atoms with Crippen LogP contribution in [0.15, 0.2) is 170 Å². The van der Waals surface area contributed by atoms with E-state index < -0.39 is 6.10 Å².